The summed E-state index contributed by atoms with van der Waals surface area (Å²) in [5, 5.41) is 3.36. The molecule has 21 heavy (non-hydrogen) atoms. The molecule has 0 saturated heterocycles. The molecule has 120 valence electrons. The Morgan fingerprint density at radius 1 is 1.24 bits per heavy atom. The number of aromatic nitrogens is 2. The van der Waals surface area contributed by atoms with Gasteiger partial charge in [0.05, 0.1) is 6.61 Å². The molecule has 1 rings (SSSR count). The third-order valence-corrected chi connectivity index (χ3v) is 3.72. The van der Waals surface area contributed by atoms with E-state index in [9.17, 15) is 0 Å². The van der Waals surface area contributed by atoms with Gasteiger partial charge in [0, 0.05) is 31.8 Å². The van der Waals surface area contributed by atoms with E-state index >= 15 is 0 Å². The zero-order valence-electron chi connectivity index (χ0n) is 14.3. The van der Waals surface area contributed by atoms with Gasteiger partial charge in [-0.1, -0.05) is 20.8 Å². The van der Waals surface area contributed by atoms with Crippen molar-refractivity contribution in [2.24, 2.45) is 0 Å². The molecule has 5 nitrogen and oxygen atoms in total. The van der Waals surface area contributed by atoms with Crippen molar-refractivity contribution in [1.29, 1.82) is 0 Å². The topological polar surface area (TPSA) is 50.3 Å². The lowest BCUT2D eigenvalue weighted by Crippen LogP contribution is -2.37. The van der Waals surface area contributed by atoms with Crippen LogP contribution in [0.15, 0.2) is 6.33 Å². The maximum Gasteiger partial charge on any atom is 0.137 e. The minimum absolute atomic E-state index is 0.365. The smallest absolute Gasteiger partial charge is 0.137 e. The van der Waals surface area contributed by atoms with Gasteiger partial charge >= 0.3 is 0 Å². The zero-order chi connectivity index (χ0) is 15.8. The van der Waals surface area contributed by atoms with E-state index < -0.39 is 0 Å². The van der Waals surface area contributed by atoms with Gasteiger partial charge in [-0.15, -0.1) is 0 Å². The van der Waals surface area contributed by atoms with Gasteiger partial charge in [0.1, 0.15) is 18.0 Å². The number of nitrogens with zero attached hydrogens (tertiary/aromatic N) is 3. The van der Waals surface area contributed by atoms with E-state index in [1.54, 1.807) is 13.4 Å². The van der Waals surface area contributed by atoms with Crippen molar-refractivity contribution in [3.05, 3.63) is 11.9 Å². The number of anilines is 2. The minimum Gasteiger partial charge on any atom is -0.383 e. The summed E-state index contributed by atoms with van der Waals surface area (Å²) in [4.78, 5) is 11.3. The van der Waals surface area contributed by atoms with Crippen LogP contribution in [0.25, 0.3) is 0 Å². The van der Waals surface area contributed by atoms with Crippen LogP contribution in [-0.4, -0.2) is 42.8 Å². The van der Waals surface area contributed by atoms with Crippen molar-refractivity contribution in [1.82, 2.24) is 9.97 Å². The molecule has 1 heterocycles. The fourth-order valence-corrected chi connectivity index (χ4v) is 2.40. The van der Waals surface area contributed by atoms with Crippen LogP contribution >= 0.6 is 0 Å². The Morgan fingerprint density at radius 3 is 2.48 bits per heavy atom. The summed E-state index contributed by atoms with van der Waals surface area (Å²) in [7, 11) is 1.74. The second kappa shape index (κ2) is 8.82. The molecule has 0 aliphatic heterocycles. The van der Waals surface area contributed by atoms with Gasteiger partial charge in [-0.05, 0) is 26.2 Å². The fraction of sp³-hybridized carbons (Fsp3) is 0.750. The van der Waals surface area contributed by atoms with Gasteiger partial charge in [-0.3, -0.25) is 0 Å². The van der Waals surface area contributed by atoms with Gasteiger partial charge < -0.3 is 15.0 Å². The van der Waals surface area contributed by atoms with E-state index in [1.165, 1.54) is 5.56 Å². The Labute approximate surface area is 129 Å². The van der Waals surface area contributed by atoms with Crippen LogP contribution < -0.4 is 10.2 Å². The molecular formula is C16H30N4O. The van der Waals surface area contributed by atoms with Gasteiger partial charge in [-0.2, -0.15) is 0 Å². The highest BCUT2D eigenvalue weighted by Gasteiger charge is 2.22. The van der Waals surface area contributed by atoms with Crippen LogP contribution in [0.3, 0.4) is 0 Å². The lowest BCUT2D eigenvalue weighted by molar-refractivity contribution is 0.203. The van der Waals surface area contributed by atoms with Crippen LogP contribution in [0, 0.1) is 0 Å². The van der Waals surface area contributed by atoms with Gasteiger partial charge in [0.25, 0.3) is 0 Å². The molecule has 0 saturated carbocycles. The molecule has 0 fully saturated rings. The predicted octanol–water partition coefficient (Wildman–Crippen LogP) is 3.28. The highest BCUT2D eigenvalue weighted by Crippen LogP contribution is 2.32. The Kier molecular flexibility index (Phi) is 7.43. The molecule has 5 heteroatoms. The molecule has 0 radical (unpaired) electrons. The van der Waals surface area contributed by atoms with Gasteiger partial charge in [-0.25, -0.2) is 9.97 Å². The molecule has 0 amide bonds. The lowest BCUT2D eigenvalue weighted by atomic mass is 10.0. The summed E-state index contributed by atoms with van der Waals surface area (Å²) in [6, 6.07) is 0.419. The summed E-state index contributed by atoms with van der Waals surface area (Å²) in [6.45, 7) is 13.3. The summed E-state index contributed by atoms with van der Waals surface area (Å²) in [5.41, 5.74) is 1.19. The first-order chi connectivity index (χ1) is 10.1. The van der Waals surface area contributed by atoms with Gasteiger partial charge in [0.2, 0.25) is 0 Å². The van der Waals surface area contributed by atoms with E-state index in [-0.39, 0.29) is 0 Å². The highest BCUT2D eigenvalue weighted by molar-refractivity contribution is 5.60. The van der Waals surface area contributed by atoms with Crippen molar-refractivity contribution in [3.8, 4) is 0 Å². The van der Waals surface area contributed by atoms with Crippen molar-refractivity contribution in [3.63, 3.8) is 0 Å². The number of hydrogen-bond donors (Lipinski definition) is 1. The molecule has 1 N–H and O–H groups in total. The normalized spacial score (nSPS) is 12.5. The van der Waals surface area contributed by atoms with E-state index in [4.69, 9.17) is 4.74 Å². The van der Waals surface area contributed by atoms with E-state index in [0.29, 0.717) is 18.6 Å². The quantitative estimate of drug-likeness (QED) is 0.757. The summed E-state index contributed by atoms with van der Waals surface area (Å²) < 4.78 is 5.27. The Balaban J connectivity index is 3.25. The van der Waals surface area contributed by atoms with Crippen molar-refractivity contribution < 1.29 is 4.74 Å². The number of hydrogen-bond acceptors (Lipinski definition) is 5. The van der Waals surface area contributed by atoms with E-state index in [0.717, 1.165) is 31.1 Å². The largest absolute Gasteiger partial charge is 0.383 e. The first kappa shape index (κ1) is 17.7. The predicted molar refractivity (Wildman–Crippen MR) is 89.3 cm³/mol. The Bertz CT molecular complexity index is 423. The number of nitrogens with one attached hydrogen (secondary N) is 1. The third kappa shape index (κ3) is 4.56. The summed E-state index contributed by atoms with van der Waals surface area (Å²) in [5.74, 6) is 2.34. The average Bonchev–Trinajstić information content (AvgIpc) is 2.47. The van der Waals surface area contributed by atoms with Crippen LogP contribution in [0.1, 0.15) is 52.5 Å². The molecule has 0 aromatic carbocycles. The zero-order valence-corrected chi connectivity index (χ0v) is 14.3. The fourth-order valence-electron chi connectivity index (χ4n) is 2.40. The molecule has 0 spiro atoms. The molecule has 1 aromatic heterocycles. The maximum atomic E-state index is 5.27. The molecule has 0 aliphatic rings. The highest BCUT2D eigenvalue weighted by atomic mass is 16.5. The number of ether oxygens (including phenoxy) is 1. The molecule has 1 atom stereocenters. The van der Waals surface area contributed by atoms with Gasteiger partial charge in [0.15, 0.2) is 0 Å². The lowest BCUT2D eigenvalue weighted by Gasteiger charge is -2.32. The summed E-state index contributed by atoms with van der Waals surface area (Å²) >= 11 is 0. The standard InChI is InChI=1S/C16H30N4O/c1-7-13(5)20(9-10-21-6)16-14(12(3)4)15(17-8-2)18-11-19-16/h11-13H,7-10H2,1-6H3,(H,17,18,19). The first-order valence-corrected chi connectivity index (χ1v) is 7.91. The SMILES string of the molecule is CCNc1ncnc(N(CCOC)C(C)CC)c1C(C)C. The van der Waals surface area contributed by atoms with Crippen LogP contribution in [0.2, 0.25) is 0 Å². The first-order valence-electron chi connectivity index (χ1n) is 7.91. The van der Waals surface area contributed by atoms with Crippen molar-refractivity contribution >= 4 is 11.6 Å². The van der Waals surface area contributed by atoms with Crippen molar-refractivity contribution in [2.45, 2.75) is 53.0 Å². The Hall–Kier alpha value is -1.36. The van der Waals surface area contributed by atoms with Crippen molar-refractivity contribution in [2.75, 3.05) is 37.0 Å². The summed E-state index contributed by atoms with van der Waals surface area (Å²) in [6.07, 6.45) is 2.73. The third-order valence-electron chi connectivity index (χ3n) is 3.72. The Morgan fingerprint density at radius 2 is 1.95 bits per heavy atom. The van der Waals surface area contributed by atoms with E-state index in [1.807, 2.05) is 0 Å². The second-order valence-corrected chi connectivity index (χ2v) is 5.59. The van der Waals surface area contributed by atoms with Crippen LogP contribution in [0.4, 0.5) is 11.6 Å². The molecule has 0 bridgehead atoms. The second-order valence-electron chi connectivity index (χ2n) is 5.59. The molecule has 1 unspecified atom stereocenters. The van der Waals surface area contributed by atoms with Crippen LogP contribution in [0.5, 0.6) is 0 Å². The molecule has 1 aromatic rings. The van der Waals surface area contributed by atoms with E-state index in [2.05, 4.69) is 54.8 Å². The molecule has 0 aliphatic carbocycles. The minimum atomic E-state index is 0.365. The number of methoxy groups -OCH3 is 1. The maximum absolute atomic E-state index is 5.27. The molecular weight excluding hydrogens is 264 g/mol. The monoisotopic (exact) mass is 294 g/mol. The van der Waals surface area contributed by atoms with Crippen LogP contribution in [-0.2, 0) is 4.74 Å². The average molecular weight is 294 g/mol. The number of rotatable bonds is 9.